The largest absolute Gasteiger partial charge is 0.493 e. The molecule has 1 aromatic carbocycles. The van der Waals surface area contributed by atoms with Crippen molar-refractivity contribution in [3.8, 4) is 5.75 Å². The zero-order valence-electron chi connectivity index (χ0n) is 12.0. The predicted octanol–water partition coefficient (Wildman–Crippen LogP) is 2.27. The maximum absolute atomic E-state index is 13.4. The number of amides is 1. The first-order valence-corrected chi connectivity index (χ1v) is 7.50. The first-order valence-electron chi connectivity index (χ1n) is 7.50. The summed E-state index contributed by atoms with van der Waals surface area (Å²) in [6, 6.07) is 4.00. The second-order valence-electron chi connectivity index (χ2n) is 5.93. The number of hydrogen-bond acceptors (Lipinski definition) is 3. The number of rotatable bonds is 3. The van der Waals surface area contributed by atoms with E-state index in [4.69, 9.17) is 9.84 Å². The van der Waals surface area contributed by atoms with Crippen molar-refractivity contribution in [2.45, 2.75) is 31.7 Å². The average molecular weight is 307 g/mol. The first-order chi connectivity index (χ1) is 10.5. The molecule has 3 atom stereocenters. The number of carboxylic acids is 1. The molecule has 0 saturated heterocycles. The van der Waals surface area contributed by atoms with Gasteiger partial charge in [0.25, 0.3) is 0 Å². The molecule has 2 aliphatic rings. The molecule has 1 heterocycles. The van der Waals surface area contributed by atoms with E-state index >= 15 is 0 Å². The van der Waals surface area contributed by atoms with Crippen LogP contribution in [-0.4, -0.2) is 23.6 Å². The summed E-state index contributed by atoms with van der Waals surface area (Å²) in [5.41, 5.74) is 0.646. The van der Waals surface area contributed by atoms with Crippen LogP contribution in [0.5, 0.6) is 5.75 Å². The van der Waals surface area contributed by atoms with Gasteiger partial charge in [0.2, 0.25) is 5.91 Å². The number of nitrogens with one attached hydrogen (secondary N) is 1. The number of benzene rings is 1. The van der Waals surface area contributed by atoms with Gasteiger partial charge in [-0.2, -0.15) is 0 Å². The summed E-state index contributed by atoms with van der Waals surface area (Å²) in [7, 11) is 0. The van der Waals surface area contributed by atoms with Crippen molar-refractivity contribution in [1.82, 2.24) is 5.32 Å². The van der Waals surface area contributed by atoms with E-state index < -0.39 is 11.9 Å². The third-order valence-corrected chi connectivity index (χ3v) is 4.48. The summed E-state index contributed by atoms with van der Waals surface area (Å²) < 4.78 is 18.9. The zero-order valence-corrected chi connectivity index (χ0v) is 12.0. The van der Waals surface area contributed by atoms with Crippen LogP contribution < -0.4 is 10.1 Å². The Kier molecular flexibility index (Phi) is 4.00. The Bertz CT molecular complexity index is 604. The lowest BCUT2D eigenvalue weighted by Crippen LogP contribution is -2.35. The Morgan fingerprint density at radius 3 is 2.73 bits per heavy atom. The topological polar surface area (TPSA) is 75.6 Å². The molecule has 6 heteroatoms. The molecule has 1 aliphatic heterocycles. The number of hydrogen-bond donors (Lipinski definition) is 2. The number of fused-ring (bicyclic) bond motifs is 1. The normalized spacial score (nSPS) is 26.9. The number of carbonyl (C=O) groups is 2. The summed E-state index contributed by atoms with van der Waals surface area (Å²) >= 11 is 0. The minimum absolute atomic E-state index is 0.147. The maximum Gasteiger partial charge on any atom is 0.306 e. The highest BCUT2D eigenvalue weighted by molar-refractivity contribution is 5.81. The lowest BCUT2D eigenvalue weighted by molar-refractivity contribution is -0.141. The smallest absolute Gasteiger partial charge is 0.306 e. The van der Waals surface area contributed by atoms with E-state index in [-0.39, 0.29) is 23.7 Å². The summed E-state index contributed by atoms with van der Waals surface area (Å²) in [5, 5.41) is 11.9. The predicted molar refractivity (Wildman–Crippen MR) is 75.9 cm³/mol. The van der Waals surface area contributed by atoms with Gasteiger partial charge in [-0.3, -0.25) is 9.59 Å². The quantitative estimate of drug-likeness (QED) is 0.898. The van der Waals surface area contributed by atoms with Gasteiger partial charge < -0.3 is 15.2 Å². The van der Waals surface area contributed by atoms with Gasteiger partial charge in [0.1, 0.15) is 11.6 Å². The molecule has 2 N–H and O–H groups in total. The van der Waals surface area contributed by atoms with E-state index in [1.54, 1.807) is 6.07 Å². The number of carboxylic acid groups (broad SMARTS) is 1. The average Bonchev–Trinajstić information content (AvgIpc) is 2.98. The van der Waals surface area contributed by atoms with Crippen molar-refractivity contribution >= 4 is 11.9 Å². The van der Waals surface area contributed by atoms with Crippen LogP contribution in [0.3, 0.4) is 0 Å². The van der Waals surface area contributed by atoms with Crippen LogP contribution >= 0.6 is 0 Å². The number of halogens is 1. The number of carbonyl (C=O) groups excluding carboxylic acids is 1. The molecule has 0 bridgehead atoms. The Labute approximate surface area is 127 Å². The van der Waals surface area contributed by atoms with E-state index in [0.29, 0.717) is 43.6 Å². The monoisotopic (exact) mass is 307 g/mol. The molecule has 0 radical (unpaired) electrons. The Hall–Kier alpha value is -2.11. The molecule has 1 saturated carbocycles. The molecule has 1 fully saturated rings. The Morgan fingerprint density at radius 2 is 2.00 bits per heavy atom. The van der Waals surface area contributed by atoms with Crippen LogP contribution in [0, 0.1) is 17.7 Å². The fourth-order valence-electron chi connectivity index (χ4n) is 3.25. The molecule has 1 unspecified atom stereocenters. The van der Waals surface area contributed by atoms with Gasteiger partial charge in [-0.05, 0) is 37.5 Å². The number of ether oxygens (including phenoxy) is 1. The molecular weight excluding hydrogens is 289 g/mol. The molecule has 3 rings (SSSR count). The van der Waals surface area contributed by atoms with Crippen molar-refractivity contribution in [3.63, 3.8) is 0 Å². The molecule has 0 aromatic heterocycles. The minimum atomic E-state index is -0.839. The van der Waals surface area contributed by atoms with Gasteiger partial charge >= 0.3 is 5.97 Å². The van der Waals surface area contributed by atoms with Gasteiger partial charge in [0, 0.05) is 17.9 Å². The van der Waals surface area contributed by atoms with Gasteiger partial charge in [0.05, 0.1) is 18.6 Å². The fraction of sp³-hybridized carbons (Fsp3) is 0.500. The van der Waals surface area contributed by atoms with Crippen molar-refractivity contribution in [3.05, 3.63) is 29.6 Å². The zero-order chi connectivity index (χ0) is 15.7. The maximum atomic E-state index is 13.4. The van der Waals surface area contributed by atoms with Crippen molar-refractivity contribution in [2.75, 3.05) is 6.61 Å². The molecule has 1 aromatic rings. The van der Waals surface area contributed by atoms with E-state index in [1.165, 1.54) is 12.1 Å². The molecule has 0 spiro atoms. The summed E-state index contributed by atoms with van der Waals surface area (Å²) in [6.45, 7) is 0.464. The highest BCUT2D eigenvalue weighted by Gasteiger charge is 2.35. The van der Waals surface area contributed by atoms with Crippen molar-refractivity contribution < 1.29 is 23.8 Å². The van der Waals surface area contributed by atoms with Crippen LogP contribution in [0.1, 0.15) is 37.3 Å². The standard InChI is InChI=1S/C16H18FNO4/c17-11-3-4-14-12(8-11)13(5-6-22-14)18-15(19)9-1-2-10(7-9)16(20)21/h3-4,8-10,13H,1-2,5-7H2,(H,18,19)(H,20,21)/t9-,10+,13?/m0/s1. The summed E-state index contributed by atoms with van der Waals surface area (Å²) in [4.78, 5) is 23.3. The van der Waals surface area contributed by atoms with E-state index in [1.807, 2.05) is 0 Å². The molecule has 118 valence electrons. The van der Waals surface area contributed by atoms with E-state index in [9.17, 15) is 14.0 Å². The van der Waals surface area contributed by atoms with E-state index in [0.717, 1.165) is 0 Å². The van der Waals surface area contributed by atoms with Gasteiger partial charge in [-0.1, -0.05) is 0 Å². The number of aliphatic carboxylic acids is 1. The van der Waals surface area contributed by atoms with Gasteiger partial charge in [-0.15, -0.1) is 0 Å². The fourth-order valence-corrected chi connectivity index (χ4v) is 3.25. The van der Waals surface area contributed by atoms with Gasteiger partial charge in [-0.25, -0.2) is 4.39 Å². The lowest BCUT2D eigenvalue weighted by atomic mass is 9.98. The van der Waals surface area contributed by atoms with Crippen LogP contribution in [0.15, 0.2) is 18.2 Å². The van der Waals surface area contributed by atoms with Crippen LogP contribution in [-0.2, 0) is 9.59 Å². The van der Waals surface area contributed by atoms with Crippen LogP contribution in [0.25, 0.3) is 0 Å². The third-order valence-electron chi connectivity index (χ3n) is 4.48. The summed E-state index contributed by atoms with van der Waals surface area (Å²) in [6.07, 6.45) is 2.08. The SMILES string of the molecule is O=C(O)[C@@H]1CC[C@H](C(=O)NC2CCOc3ccc(F)cc32)C1. The molecular formula is C16H18FNO4. The molecule has 1 aliphatic carbocycles. The second-order valence-corrected chi connectivity index (χ2v) is 5.93. The first kappa shape index (κ1) is 14.8. The van der Waals surface area contributed by atoms with Gasteiger partial charge in [0.15, 0.2) is 0 Å². The van der Waals surface area contributed by atoms with Crippen molar-refractivity contribution in [1.29, 1.82) is 0 Å². The summed E-state index contributed by atoms with van der Waals surface area (Å²) in [5.74, 6) is -1.47. The molecule has 1 amide bonds. The minimum Gasteiger partial charge on any atom is -0.493 e. The van der Waals surface area contributed by atoms with Crippen molar-refractivity contribution in [2.24, 2.45) is 11.8 Å². The van der Waals surface area contributed by atoms with Crippen LogP contribution in [0.2, 0.25) is 0 Å². The van der Waals surface area contributed by atoms with E-state index in [2.05, 4.69) is 5.32 Å². The third kappa shape index (κ3) is 2.91. The molecule has 5 nitrogen and oxygen atoms in total. The highest BCUT2D eigenvalue weighted by atomic mass is 19.1. The Morgan fingerprint density at radius 1 is 1.23 bits per heavy atom. The lowest BCUT2D eigenvalue weighted by Gasteiger charge is -2.27. The Balaban J connectivity index is 1.68. The highest BCUT2D eigenvalue weighted by Crippen LogP contribution is 2.35. The second kappa shape index (κ2) is 5.94. The van der Waals surface area contributed by atoms with Crippen LogP contribution in [0.4, 0.5) is 4.39 Å². The molecule has 22 heavy (non-hydrogen) atoms.